The van der Waals surface area contributed by atoms with Gasteiger partial charge in [-0.3, -0.25) is 10.1 Å². The Bertz CT molecular complexity index is 466. The lowest BCUT2D eigenvalue weighted by Crippen LogP contribution is -2.19. The Morgan fingerprint density at radius 1 is 1.50 bits per heavy atom. The van der Waals surface area contributed by atoms with Gasteiger partial charge in [0.2, 0.25) is 5.82 Å². The van der Waals surface area contributed by atoms with Crippen LogP contribution in [0.1, 0.15) is 5.69 Å². The number of aromatic nitrogens is 2. The first-order valence-corrected chi connectivity index (χ1v) is 7.43. The molecule has 0 aliphatic carbocycles. The van der Waals surface area contributed by atoms with Crippen molar-refractivity contribution in [2.75, 3.05) is 24.9 Å². The second-order valence-electron chi connectivity index (χ2n) is 2.85. The van der Waals surface area contributed by atoms with Gasteiger partial charge in [-0.15, -0.1) is 0 Å². The highest BCUT2D eigenvalue weighted by molar-refractivity contribution is 8.13. The molecule has 0 bridgehead atoms. The van der Waals surface area contributed by atoms with Gasteiger partial charge in [-0.1, -0.05) is 12.2 Å². The number of nitrogens with zero attached hydrogens (tertiary/aromatic N) is 4. The van der Waals surface area contributed by atoms with E-state index in [1.165, 1.54) is 30.2 Å². The van der Waals surface area contributed by atoms with Crippen molar-refractivity contribution < 1.29 is 4.92 Å². The third kappa shape index (κ3) is 3.00. The van der Waals surface area contributed by atoms with Crippen molar-refractivity contribution in [3.63, 3.8) is 0 Å². The lowest BCUT2D eigenvalue weighted by Gasteiger charge is -2.17. The van der Waals surface area contributed by atoms with Crippen LogP contribution in [0.5, 0.6) is 0 Å². The molecule has 1 heterocycles. The molecular formula is C8H11N5O2S3. The molecule has 0 aromatic carbocycles. The minimum atomic E-state index is -0.535. The molecule has 0 amide bonds. The number of thiocarbonyl (C=S) groups is 1. The molecule has 98 valence electrons. The largest absolute Gasteiger partial charge is 0.367 e. The molecule has 1 rings (SSSR count). The van der Waals surface area contributed by atoms with Crippen LogP contribution >= 0.6 is 36.1 Å². The third-order valence-electron chi connectivity index (χ3n) is 1.94. The third-order valence-corrected chi connectivity index (χ3v) is 4.47. The maximum atomic E-state index is 11.1. The van der Waals surface area contributed by atoms with E-state index in [9.17, 15) is 10.1 Å². The van der Waals surface area contributed by atoms with Crippen LogP contribution < -0.4 is 5.32 Å². The summed E-state index contributed by atoms with van der Waals surface area (Å²) in [6.45, 7) is 0. The summed E-state index contributed by atoms with van der Waals surface area (Å²) in [6.07, 6.45) is 4.91. The maximum Gasteiger partial charge on any atom is 0.339 e. The highest BCUT2D eigenvalue weighted by Gasteiger charge is 2.27. The molecule has 0 saturated heterocycles. The average molecular weight is 305 g/mol. The van der Waals surface area contributed by atoms with E-state index >= 15 is 0 Å². The van der Waals surface area contributed by atoms with E-state index in [1.807, 2.05) is 12.5 Å². The highest BCUT2D eigenvalue weighted by Crippen LogP contribution is 2.29. The summed E-state index contributed by atoms with van der Waals surface area (Å²) >= 11 is 7.93. The minimum absolute atomic E-state index is 0.137. The molecule has 0 radical (unpaired) electrons. The van der Waals surface area contributed by atoms with Gasteiger partial charge >= 0.3 is 5.69 Å². The molecule has 0 aliphatic heterocycles. The zero-order valence-corrected chi connectivity index (χ0v) is 12.4. The normalized spacial score (nSPS) is 9.94. The Morgan fingerprint density at radius 2 is 2.11 bits per heavy atom. The van der Waals surface area contributed by atoms with E-state index in [-0.39, 0.29) is 17.2 Å². The molecule has 10 heteroatoms. The number of hydrogen-bond acceptors (Lipinski definition) is 8. The molecule has 1 aromatic rings. The standard InChI is InChI=1S/C8H11N5O2S3/c1-9-7-6(12(14)15)5(10-4-11-7)8(16)13(17-2)18-3/h4H,1-3H3,(H,9,10,11). The highest BCUT2D eigenvalue weighted by atomic mass is 32.2. The molecule has 0 atom stereocenters. The average Bonchev–Trinajstić information content (AvgIpc) is 2.38. The van der Waals surface area contributed by atoms with Gasteiger partial charge in [-0.05, 0) is 23.9 Å². The summed E-state index contributed by atoms with van der Waals surface area (Å²) in [6, 6.07) is 0. The Balaban J connectivity index is 3.31. The molecule has 1 aromatic heterocycles. The summed E-state index contributed by atoms with van der Waals surface area (Å²) in [7, 11) is 1.56. The van der Waals surface area contributed by atoms with Crippen LogP contribution in [0.25, 0.3) is 0 Å². The number of nitrogens with one attached hydrogen (secondary N) is 1. The van der Waals surface area contributed by atoms with Crippen molar-refractivity contribution in [1.82, 2.24) is 13.7 Å². The van der Waals surface area contributed by atoms with Gasteiger partial charge < -0.3 is 5.32 Å². The predicted octanol–water partition coefficient (Wildman–Crippen LogP) is 1.96. The maximum absolute atomic E-state index is 11.1. The second kappa shape index (κ2) is 6.71. The Kier molecular flexibility index (Phi) is 5.56. The minimum Gasteiger partial charge on any atom is -0.367 e. The van der Waals surface area contributed by atoms with Gasteiger partial charge in [0.05, 0.1) is 4.92 Å². The topological polar surface area (TPSA) is 84.2 Å². The van der Waals surface area contributed by atoms with Crippen LogP contribution in [0.4, 0.5) is 11.5 Å². The molecule has 7 nitrogen and oxygen atoms in total. The molecule has 0 saturated carbocycles. The molecule has 0 unspecified atom stereocenters. The van der Waals surface area contributed by atoms with Crippen molar-refractivity contribution in [3.8, 4) is 0 Å². The van der Waals surface area contributed by atoms with E-state index in [4.69, 9.17) is 12.2 Å². The molecule has 0 fully saturated rings. The number of anilines is 1. The fourth-order valence-corrected chi connectivity index (χ4v) is 2.92. The zero-order valence-electron chi connectivity index (χ0n) is 9.91. The molecular weight excluding hydrogens is 294 g/mol. The summed E-state index contributed by atoms with van der Waals surface area (Å²) in [4.78, 5) is 18.6. The molecule has 0 spiro atoms. The molecule has 18 heavy (non-hydrogen) atoms. The fraction of sp³-hybridized carbons (Fsp3) is 0.375. The summed E-state index contributed by atoms with van der Waals surface area (Å²) in [5.74, 6) is 0.148. The van der Waals surface area contributed by atoms with Crippen molar-refractivity contribution in [3.05, 3.63) is 22.1 Å². The first-order valence-electron chi connectivity index (χ1n) is 4.66. The lowest BCUT2D eigenvalue weighted by molar-refractivity contribution is -0.384. The van der Waals surface area contributed by atoms with Gasteiger partial charge in [0, 0.05) is 19.6 Å². The fourth-order valence-electron chi connectivity index (χ4n) is 1.22. The van der Waals surface area contributed by atoms with Crippen LogP contribution in [0, 0.1) is 10.1 Å². The number of rotatable bonds is 5. The van der Waals surface area contributed by atoms with Crippen LogP contribution in [0.15, 0.2) is 6.33 Å². The zero-order chi connectivity index (χ0) is 13.7. The Morgan fingerprint density at radius 3 is 2.56 bits per heavy atom. The van der Waals surface area contributed by atoms with Crippen molar-refractivity contribution in [1.29, 1.82) is 0 Å². The van der Waals surface area contributed by atoms with Crippen molar-refractivity contribution in [2.24, 2.45) is 0 Å². The van der Waals surface area contributed by atoms with Crippen molar-refractivity contribution in [2.45, 2.75) is 0 Å². The van der Waals surface area contributed by atoms with Crippen LogP contribution in [0.3, 0.4) is 0 Å². The summed E-state index contributed by atoms with van der Waals surface area (Å²) in [5, 5.41) is 13.8. The smallest absolute Gasteiger partial charge is 0.339 e. The Labute approximate surface area is 118 Å². The number of hydrogen-bond donors (Lipinski definition) is 1. The van der Waals surface area contributed by atoms with Gasteiger partial charge in [-0.2, -0.15) is 0 Å². The van der Waals surface area contributed by atoms with E-state index in [0.717, 1.165) is 0 Å². The SMILES string of the molecule is CNc1ncnc(C(=S)N(SC)SC)c1[N+](=O)[O-]. The monoisotopic (exact) mass is 305 g/mol. The molecule has 1 N–H and O–H groups in total. The van der Waals surface area contributed by atoms with Gasteiger partial charge in [0.1, 0.15) is 6.33 Å². The quantitative estimate of drug-likeness (QED) is 0.380. The summed E-state index contributed by atoms with van der Waals surface area (Å²) in [5.41, 5.74) is -0.0730. The van der Waals surface area contributed by atoms with E-state index < -0.39 is 4.92 Å². The van der Waals surface area contributed by atoms with E-state index in [2.05, 4.69) is 15.3 Å². The lowest BCUT2D eigenvalue weighted by atomic mass is 10.3. The second-order valence-corrected chi connectivity index (χ2v) is 4.93. The first-order chi connectivity index (χ1) is 8.56. The molecule has 0 aliphatic rings. The summed E-state index contributed by atoms with van der Waals surface area (Å²) < 4.78 is 1.67. The van der Waals surface area contributed by atoms with Gasteiger partial charge in [0.25, 0.3) is 0 Å². The van der Waals surface area contributed by atoms with Gasteiger partial charge in [-0.25, -0.2) is 13.7 Å². The van der Waals surface area contributed by atoms with Crippen molar-refractivity contribution >= 4 is 52.6 Å². The number of nitro groups is 1. The van der Waals surface area contributed by atoms with Crippen LogP contribution in [-0.2, 0) is 0 Å². The van der Waals surface area contributed by atoms with Gasteiger partial charge in [0.15, 0.2) is 10.7 Å². The Hall–Kier alpha value is -1.13. The first kappa shape index (κ1) is 14.9. The van der Waals surface area contributed by atoms with Crippen LogP contribution in [0.2, 0.25) is 0 Å². The van der Waals surface area contributed by atoms with Crippen LogP contribution in [-0.4, -0.2) is 43.1 Å². The van der Waals surface area contributed by atoms with E-state index in [0.29, 0.717) is 4.99 Å². The van der Waals surface area contributed by atoms with E-state index in [1.54, 1.807) is 10.8 Å². The predicted molar refractivity (Wildman–Crippen MR) is 78.8 cm³/mol.